The fourth-order valence-corrected chi connectivity index (χ4v) is 6.88. The van der Waals surface area contributed by atoms with Crippen molar-refractivity contribution < 1.29 is 66.5 Å². The number of rotatable bonds is 14. The highest BCUT2D eigenvalue weighted by atomic mass is 16.8. The molecule has 3 aliphatic rings. The van der Waals surface area contributed by atoms with Crippen molar-refractivity contribution in [3.05, 3.63) is 108 Å². The molecular formula is C41H47NO14. The third-order valence-electron chi connectivity index (χ3n) is 9.26. The zero-order chi connectivity index (χ0) is 39.6. The van der Waals surface area contributed by atoms with Crippen molar-refractivity contribution in [1.82, 2.24) is 5.32 Å². The van der Waals surface area contributed by atoms with Crippen molar-refractivity contribution in [3.8, 4) is 0 Å². The molecule has 11 unspecified atom stereocenters. The van der Waals surface area contributed by atoms with Crippen molar-refractivity contribution >= 4 is 23.8 Å². The number of esters is 3. The number of benzene rings is 3. The molecule has 15 nitrogen and oxygen atoms in total. The highest BCUT2D eigenvalue weighted by Gasteiger charge is 2.56. The van der Waals surface area contributed by atoms with Crippen molar-refractivity contribution in [1.29, 1.82) is 0 Å². The largest absolute Gasteiger partial charge is 0.463 e. The third-order valence-corrected chi connectivity index (χ3v) is 9.26. The Bertz CT molecular complexity index is 1750. The van der Waals surface area contributed by atoms with Crippen LogP contribution in [0, 0.1) is 0 Å². The molecule has 3 heterocycles. The zero-order valence-electron chi connectivity index (χ0n) is 31.6. The molecular weight excluding hydrogens is 730 g/mol. The summed E-state index contributed by atoms with van der Waals surface area (Å²) in [5.74, 6) is -2.64. The van der Waals surface area contributed by atoms with E-state index in [4.69, 9.17) is 47.4 Å². The summed E-state index contributed by atoms with van der Waals surface area (Å²) in [7, 11) is 0. The second-order valence-electron chi connectivity index (χ2n) is 13.6. The average Bonchev–Trinajstić information content (AvgIpc) is 3.18. The fourth-order valence-electron chi connectivity index (χ4n) is 6.88. The molecule has 0 spiro atoms. The molecule has 1 N–H and O–H groups in total. The summed E-state index contributed by atoms with van der Waals surface area (Å²) in [6.07, 6.45) is -10.8. The van der Waals surface area contributed by atoms with E-state index in [2.05, 4.69) is 5.32 Å². The van der Waals surface area contributed by atoms with Crippen LogP contribution >= 0.6 is 0 Å². The van der Waals surface area contributed by atoms with Gasteiger partial charge < -0.3 is 52.7 Å². The van der Waals surface area contributed by atoms with Gasteiger partial charge in [0.1, 0.15) is 43.2 Å². The van der Waals surface area contributed by atoms with Gasteiger partial charge in [0, 0.05) is 33.3 Å². The second kappa shape index (κ2) is 19.4. The summed E-state index contributed by atoms with van der Waals surface area (Å²) in [6.45, 7) is 4.78. The Kier molecular flexibility index (Phi) is 14.2. The summed E-state index contributed by atoms with van der Waals surface area (Å²) in [6, 6.07) is 27.2. The van der Waals surface area contributed by atoms with Gasteiger partial charge in [0.25, 0.3) is 0 Å². The predicted octanol–water partition coefficient (Wildman–Crippen LogP) is 3.67. The first-order chi connectivity index (χ1) is 27.0. The first-order valence-corrected chi connectivity index (χ1v) is 18.4. The molecule has 0 saturated carbocycles. The Labute approximate surface area is 324 Å². The van der Waals surface area contributed by atoms with E-state index in [9.17, 15) is 19.2 Å². The molecule has 3 aromatic carbocycles. The van der Waals surface area contributed by atoms with E-state index in [-0.39, 0.29) is 19.8 Å². The Morgan fingerprint density at radius 3 is 1.82 bits per heavy atom. The molecule has 0 aromatic heterocycles. The molecule has 0 bridgehead atoms. The van der Waals surface area contributed by atoms with Gasteiger partial charge in [-0.1, -0.05) is 91.0 Å². The summed E-state index contributed by atoms with van der Waals surface area (Å²) >= 11 is 0. The normalized spacial score (nSPS) is 30.0. The molecule has 56 heavy (non-hydrogen) atoms. The lowest BCUT2D eigenvalue weighted by Gasteiger charge is -2.51. The minimum atomic E-state index is -1.45. The van der Waals surface area contributed by atoms with Gasteiger partial charge in [0.05, 0.1) is 19.8 Å². The number of carbonyl (C=O) groups is 4. The van der Waals surface area contributed by atoms with Crippen LogP contribution in [0.25, 0.3) is 0 Å². The fraction of sp³-hybridized carbons (Fsp3) is 0.463. The van der Waals surface area contributed by atoms with E-state index in [0.29, 0.717) is 0 Å². The molecule has 1 amide bonds. The molecule has 300 valence electrons. The number of carbonyl (C=O) groups excluding carboxylic acids is 4. The van der Waals surface area contributed by atoms with Gasteiger partial charge in [-0.2, -0.15) is 0 Å². The van der Waals surface area contributed by atoms with Gasteiger partial charge >= 0.3 is 17.9 Å². The number of nitrogens with one attached hydrogen (secondary N) is 1. The Hall–Kier alpha value is -4.74. The standard InChI is InChI=1S/C41H47NO14/c1-24(43)42-33-36(52-27(4)46)34(51-26(3)45)31(22-47-25(2)44)53-40(33)56-38-37(48-20-28-14-8-5-9-15-28)35-32(23-50-39(55-35)30-18-12-7-13-19-30)54-41(38)49-21-29-16-10-6-11-17-29/h5-19,31-41H,20-23H2,1-4H3,(H,42,43). The highest BCUT2D eigenvalue weighted by Crippen LogP contribution is 2.39. The molecule has 3 saturated heterocycles. The van der Waals surface area contributed by atoms with Crippen LogP contribution in [0.15, 0.2) is 91.0 Å². The van der Waals surface area contributed by atoms with E-state index in [1.165, 1.54) is 27.7 Å². The maximum Gasteiger partial charge on any atom is 0.303 e. The number of amides is 1. The molecule has 0 radical (unpaired) electrons. The number of fused-ring (bicyclic) bond motifs is 1. The minimum absolute atomic E-state index is 0.114. The van der Waals surface area contributed by atoms with Crippen LogP contribution in [0.2, 0.25) is 0 Å². The van der Waals surface area contributed by atoms with Crippen LogP contribution in [0.5, 0.6) is 0 Å². The summed E-state index contributed by atoms with van der Waals surface area (Å²) in [4.78, 5) is 49.7. The second-order valence-corrected chi connectivity index (χ2v) is 13.6. The first kappa shape index (κ1) is 40.9. The van der Waals surface area contributed by atoms with Gasteiger partial charge in [0.2, 0.25) is 5.91 Å². The zero-order valence-corrected chi connectivity index (χ0v) is 31.6. The van der Waals surface area contributed by atoms with Crippen molar-refractivity contribution in [2.24, 2.45) is 0 Å². The lowest BCUT2D eigenvalue weighted by atomic mass is 9.94. The lowest BCUT2D eigenvalue weighted by Crippen LogP contribution is -2.69. The maximum absolute atomic E-state index is 12.8. The van der Waals surface area contributed by atoms with Gasteiger partial charge in [0.15, 0.2) is 31.1 Å². The summed E-state index contributed by atoms with van der Waals surface area (Å²) in [5, 5.41) is 2.76. The quantitative estimate of drug-likeness (QED) is 0.186. The van der Waals surface area contributed by atoms with Gasteiger partial charge in [-0.15, -0.1) is 0 Å². The van der Waals surface area contributed by atoms with Crippen LogP contribution in [0.1, 0.15) is 50.7 Å². The van der Waals surface area contributed by atoms with Crippen molar-refractivity contribution in [2.75, 3.05) is 13.2 Å². The van der Waals surface area contributed by atoms with Crippen LogP contribution in [0.4, 0.5) is 0 Å². The van der Waals surface area contributed by atoms with E-state index >= 15 is 0 Å². The molecule has 11 atom stereocenters. The third kappa shape index (κ3) is 10.8. The van der Waals surface area contributed by atoms with E-state index in [1.54, 1.807) is 0 Å². The molecule has 0 aliphatic carbocycles. The highest BCUT2D eigenvalue weighted by molar-refractivity contribution is 5.73. The van der Waals surface area contributed by atoms with Crippen LogP contribution < -0.4 is 5.32 Å². The predicted molar refractivity (Wildman–Crippen MR) is 194 cm³/mol. The Morgan fingerprint density at radius 2 is 1.23 bits per heavy atom. The maximum atomic E-state index is 12.8. The first-order valence-electron chi connectivity index (χ1n) is 18.4. The Morgan fingerprint density at radius 1 is 0.643 bits per heavy atom. The molecule has 15 heteroatoms. The minimum Gasteiger partial charge on any atom is -0.463 e. The van der Waals surface area contributed by atoms with Crippen LogP contribution in [0.3, 0.4) is 0 Å². The number of hydrogen-bond acceptors (Lipinski definition) is 14. The smallest absolute Gasteiger partial charge is 0.303 e. The lowest BCUT2D eigenvalue weighted by molar-refractivity contribution is -0.393. The summed E-state index contributed by atoms with van der Waals surface area (Å²) in [5.41, 5.74) is 2.50. The SMILES string of the molecule is CC(=O)NC1C(OC2C(OCc3ccccc3)OC3COC(c4ccccc4)OC3C2OCc2ccccc2)OC(COC(C)=O)C(OC(C)=O)C1OC(C)=O. The van der Waals surface area contributed by atoms with Crippen molar-refractivity contribution in [3.63, 3.8) is 0 Å². The number of hydrogen-bond donors (Lipinski definition) is 1. The molecule has 3 fully saturated rings. The molecule has 3 aliphatic heterocycles. The van der Waals surface area contributed by atoms with E-state index in [0.717, 1.165) is 16.7 Å². The van der Waals surface area contributed by atoms with Crippen LogP contribution in [-0.4, -0.2) is 98.4 Å². The van der Waals surface area contributed by atoms with Crippen molar-refractivity contribution in [2.45, 2.75) is 109 Å². The number of ether oxygens (including phenoxy) is 10. The summed E-state index contributed by atoms with van der Waals surface area (Å²) < 4.78 is 62.4. The van der Waals surface area contributed by atoms with E-state index in [1.807, 2.05) is 91.0 Å². The van der Waals surface area contributed by atoms with Gasteiger partial charge in [-0.3, -0.25) is 19.2 Å². The van der Waals surface area contributed by atoms with Crippen LogP contribution in [-0.2, 0) is 79.8 Å². The average molecular weight is 778 g/mol. The Balaban J connectivity index is 1.40. The van der Waals surface area contributed by atoms with Gasteiger partial charge in [-0.25, -0.2) is 0 Å². The molecule has 6 rings (SSSR count). The topological polar surface area (TPSA) is 173 Å². The molecule has 3 aromatic rings. The monoisotopic (exact) mass is 777 g/mol. The van der Waals surface area contributed by atoms with Gasteiger partial charge in [-0.05, 0) is 11.1 Å². The van der Waals surface area contributed by atoms with E-state index < -0.39 is 98.1 Å².